The van der Waals surface area contributed by atoms with Crippen LogP contribution in [0.25, 0.3) is 0 Å². The molecule has 1 fully saturated rings. The Morgan fingerprint density at radius 3 is 2.37 bits per heavy atom. The average Bonchev–Trinajstić information content (AvgIpc) is 2.80. The van der Waals surface area contributed by atoms with Gasteiger partial charge in [0.05, 0.1) is 0 Å². The normalized spacial score (nSPS) is 15.1. The summed E-state index contributed by atoms with van der Waals surface area (Å²) in [5.41, 5.74) is 4.55. The van der Waals surface area contributed by atoms with Crippen molar-refractivity contribution in [1.29, 1.82) is 0 Å². The molecule has 1 saturated heterocycles. The van der Waals surface area contributed by atoms with Gasteiger partial charge in [-0.3, -0.25) is 9.69 Å². The molecule has 1 amide bonds. The molecule has 30 heavy (non-hydrogen) atoms. The van der Waals surface area contributed by atoms with Crippen LogP contribution in [0.3, 0.4) is 0 Å². The molecule has 3 nitrogen and oxygen atoms in total. The van der Waals surface area contributed by atoms with E-state index in [-0.39, 0.29) is 5.91 Å². The molecule has 0 bridgehead atoms. The Hall–Kier alpha value is -2.62. The second-order valence-electron chi connectivity index (χ2n) is 7.97. The van der Waals surface area contributed by atoms with E-state index < -0.39 is 0 Å². The molecule has 0 radical (unpaired) electrons. The lowest BCUT2D eigenvalue weighted by Crippen LogP contribution is -2.32. The number of carbonyl (C=O) groups excluding carboxylic acids is 1. The van der Waals surface area contributed by atoms with Crippen LogP contribution in [0.4, 0.5) is 0 Å². The van der Waals surface area contributed by atoms with Gasteiger partial charge in [-0.05, 0) is 72.8 Å². The van der Waals surface area contributed by atoms with E-state index in [9.17, 15) is 4.79 Å². The number of likely N-dealkylation sites (tertiary alicyclic amines) is 1. The lowest BCUT2D eigenvalue weighted by Gasteiger charge is -2.32. The summed E-state index contributed by atoms with van der Waals surface area (Å²) < 4.78 is 0. The van der Waals surface area contributed by atoms with Crippen molar-refractivity contribution in [2.45, 2.75) is 31.8 Å². The van der Waals surface area contributed by atoms with Gasteiger partial charge in [-0.25, -0.2) is 0 Å². The minimum Gasteiger partial charge on any atom is -0.348 e. The van der Waals surface area contributed by atoms with Crippen LogP contribution in [0.15, 0.2) is 78.9 Å². The zero-order valence-corrected chi connectivity index (χ0v) is 17.8. The van der Waals surface area contributed by atoms with Crippen LogP contribution in [0.2, 0.25) is 5.02 Å². The third kappa shape index (κ3) is 5.50. The monoisotopic (exact) mass is 418 g/mol. The van der Waals surface area contributed by atoms with Crippen molar-refractivity contribution in [1.82, 2.24) is 10.2 Å². The number of hydrogen-bond acceptors (Lipinski definition) is 2. The molecule has 1 N–H and O–H groups in total. The van der Waals surface area contributed by atoms with Crippen molar-refractivity contribution in [2.24, 2.45) is 0 Å². The molecule has 1 aliphatic rings. The standard InChI is InChI=1S/C26H27ClN2O/c27-25-11-9-20(10-12-25)19-29-15-13-22(14-16-29)24-8-4-5-21(17-24)18-28-26(30)23-6-2-1-3-7-23/h1-12,17,22H,13-16,18-19H2,(H,28,30). The van der Waals surface area contributed by atoms with E-state index in [0.29, 0.717) is 18.0 Å². The Morgan fingerprint density at radius 1 is 0.900 bits per heavy atom. The lowest BCUT2D eigenvalue weighted by molar-refractivity contribution is 0.0951. The van der Waals surface area contributed by atoms with Crippen molar-refractivity contribution < 1.29 is 4.79 Å². The molecule has 0 aromatic heterocycles. The Bertz CT molecular complexity index is 964. The summed E-state index contributed by atoms with van der Waals surface area (Å²) in [4.78, 5) is 14.8. The Labute approximate surface area is 183 Å². The molecule has 3 aromatic rings. The number of nitrogens with one attached hydrogen (secondary N) is 1. The maximum Gasteiger partial charge on any atom is 0.251 e. The van der Waals surface area contributed by atoms with Crippen LogP contribution in [-0.2, 0) is 13.1 Å². The molecule has 4 rings (SSSR count). The number of piperidine rings is 1. The molecule has 0 unspecified atom stereocenters. The number of amides is 1. The van der Waals surface area contributed by atoms with E-state index in [0.717, 1.165) is 43.1 Å². The zero-order valence-electron chi connectivity index (χ0n) is 17.1. The van der Waals surface area contributed by atoms with Crippen LogP contribution in [-0.4, -0.2) is 23.9 Å². The topological polar surface area (TPSA) is 32.3 Å². The summed E-state index contributed by atoms with van der Waals surface area (Å²) in [6.07, 6.45) is 2.32. The van der Waals surface area contributed by atoms with E-state index in [2.05, 4.69) is 46.6 Å². The summed E-state index contributed by atoms with van der Waals surface area (Å²) >= 11 is 5.99. The first-order valence-corrected chi connectivity index (χ1v) is 10.9. The first kappa shape index (κ1) is 20.6. The minimum atomic E-state index is -0.0310. The molecule has 1 aliphatic heterocycles. The van der Waals surface area contributed by atoms with E-state index in [1.807, 2.05) is 42.5 Å². The maximum atomic E-state index is 12.3. The summed E-state index contributed by atoms with van der Waals surface area (Å²) in [5, 5.41) is 3.82. The second kappa shape index (κ2) is 9.92. The molecule has 0 saturated carbocycles. The number of benzene rings is 3. The number of carbonyl (C=O) groups is 1. The van der Waals surface area contributed by atoms with Gasteiger partial charge in [0.1, 0.15) is 0 Å². The van der Waals surface area contributed by atoms with Crippen LogP contribution >= 0.6 is 11.6 Å². The maximum absolute atomic E-state index is 12.3. The van der Waals surface area contributed by atoms with Gasteiger partial charge < -0.3 is 5.32 Å². The smallest absolute Gasteiger partial charge is 0.251 e. The first-order valence-electron chi connectivity index (χ1n) is 10.6. The van der Waals surface area contributed by atoms with Gasteiger partial charge in [0, 0.05) is 23.7 Å². The number of halogens is 1. The molecule has 1 heterocycles. The Morgan fingerprint density at radius 2 is 1.63 bits per heavy atom. The van der Waals surface area contributed by atoms with Gasteiger partial charge in [0.2, 0.25) is 0 Å². The van der Waals surface area contributed by atoms with E-state index in [1.165, 1.54) is 11.1 Å². The molecule has 4 heteroatoms. The first-order chi connectivity index (χ1) is 14.7. The second-order valence-corrected chi connectivity index (χ2v) is 8.41. The lowest BCUT2D eigenvalue weighted by atomic mass is 9.88. The summed E-state index contributed by atoms with van der Waals surface area (Å²) in [6, 6.07) is 26.2. The van der Waals surface area contributed by atoms with Gasteiger partial charge in [-0.1, -0.05) is 66.2 Å². The number of hydrogen-bond donors (Lipinski definition) is 1. The zero-order chi connectivity index (χ0) is 20.8. The third-order valence-corrected chi connectivity index (χ3v) is 6.07. The molecular formula is C26H27ClN2O. The van der Waals surface area contributed by atoms with Crippen molar-refractivity contribution >= 4 is 17.5 Å². The SMILES string of the molecule is O=C(NCc1cccc(C2CCN(Cc3ccc(Cl)cc3)CC2)c1)c1ccccc1. The predicted octanol–water partition coefficient (Wildman–Crippen LogP) is 5.65. The van der Waals surface area contributed by atoms with Crippen molar-refractivity contribution in [3.8, 4) is 0 Å². The summed E-state index contributed by atoms with van der Waals surface area (Å²) in [5.74, 6) is 0.549. The van der Waals surface area contributed by atoms with Gasteiger partial charge in [0.15, 0.2) is 0 Å². The van der Waals surface area contributed by atoms with Crippen LogP contribution < -0.4 is 5.32 Å². The number of nitrogens with zero attached hydrogens (tertiary/aromatic N) is 1. The molecule has 0 atom stereocenters. The fourth-order valence-electron chi connectivity index (χ4n) is 4.10. The molecule has 0 spiro atoms. The molecule has 0 aliphatic carbocycles. The molecule has 154 valence electrons. The average molecular weight is 419 g/mol. The quantitative estimate of drug-likeness (QED) is 0.561. The highest BCUT2D eigenvalue weighted by Gasteiger charge is 2.21. The van der Waals surface area contributed by atoms with Crippen LogP contribution in [0.5, 0.6) is 0 Å². The minimum absolute atomic E-state index is 0.0310. The van der Waals surface area contributed by atoms with Gasteiger partial charge >= 0.3 is 0 Å². The third-order valence-electron chi connectivity index (χ3n) is 5.82. The highest BCUT2D eigenvalue weighted by molar-refractivity contribution is 6.30. The molecule has 3 aromatic carbocycles. The van der Waals surface area contributed by atoms with E-state index in [1.54, 1.807) is 0 Å². The largest absolute Gasteiger partial charge is 0.348 e. The highest BCUT2D eigenvalue weighted by Crippen LogP contribution is 2.29. The van der Waals surface area contributed by atoms with E-state index >= 15 is 0 Å². The van der Waals surface area contributed by atoms with Gasteiger partial charge in [0.25, 0.3) is 5.91 Å². The summed E-state index contributed by atoms with van der Waals surface area (Å²) in [7, 11) is 0. The van der Waals surface area contributed by atoms with Crippen LogP contribution in [0, 0.1) is 0 Å². The predicted molar refractivity (Wildman–Crippen MR) is 123 cm³/mol. The van der Waals surface area contributed by atoms with Gasteiger partial charge in [-0.15, -0.1) is 0 Å². The highest BCUT2D eigenvalue weighted by atomic mass is 35.5. The van der Waals surface area contributed by atoms with E-state index in [4.69, 9.17) is 11.6 Å². The van der Waals surface area contributed by atoms with Crippen molar-refractivity contribution in [3.63, 3.8) is 0 Å². The van der Waals surface area contributed by atoms with Crippen molar-refractivity contribution in [3.05, 3.63) is 106 Å². The molecular weight excluding hydrogens is 392 g/mol. The van der Waals surface area contributed by atoms with Crippen LogP contribution in [0.1, 0.15) is 45.8 Å². The summed E-state index contributed by atoms with van der Waals surface area (Å²) in [6.45, 7) is 3.73. The van der Waals surface area contributed by atoms with Crippen molar-refractivity contribution in [2.75, 3.05) is 13.1 Å². The van der Waals surface area contributed by atoms with Gasteiger partial charge in [-0.2, -0.15) is 0 Å². The Kier molecular flexibility index (Phi) is 6.83. The number of rotatable bonds is 6. The fourth-order valence-corrected chi connectivity index (χ4v) is 4.23. The Balaban J connectivity index is 1.30. The fraction of sp³-hybridized carbons (Fsp3) is 0.269.